The zero-order valence-electron chi connectivity index (χ0n) is 15.3. The summed E-state index contributed by atoms with van der Waals surface area (Å²) in [6.07, 6.45) is 1.39. The van der Waals surface area contributed by atoms with E-state index in [0.717, 1.165) is 22.6 Å². The molecule has 0 aliphatic rings. The molecule has 0 aliphatic heterocycles. The van der Waals surface area contributed by atoms with Crippen LogP contribution < -0.4 is 15.6 Å². The van der Waals surface area contributed by atoms with Crippen molar-refractivity contribution in [3.8, 4) is 17.0 Å². The second-order valence-corrected chi connectivity index (χ2v) is 6.06. The summed E-state index contributed by atoms with van der Waals surface area (Å²) in [5.41, 5.74) is 2.77. The molecule has 0 saturated heterocycles. The molecule has 6 nitrogen and oxygen atoms in total. The first-order valence-electron chi connectivity index (χ1n) is 8.72. The van der Waals surface area contributed by atoms with E-state index < -0.39 is 0 Å². The van der Waals surface area contributed by atoms with E-state index in [1.165, 1.54) is 17.0 Å². The van der Waals surface area contributed by atoms with E-state index in [1.807, 2.05) is 62.4 Å². The highest BCUT2D eigenvalue weighted by Crippen LogP contribution is 2.19. The van der Waals surface area contributed by atoms with Crippen molar-refractivity contribution in [1.29, 1.82) is 0 Å². The Morgan fingerprint density at radius 2 is 1.89 bits per heavy atom. The van der Waals surface area contributed by atoms with Gasteiger partial charge in [-0.2, -0.15) is 0 Å². The third-order valence-electron chi connectivity index (χ3n) is 4.07. The Hall–Kier alpha value is -3.41. The molecule has 0 fully saturated rings. The predicted molar refractivity (Wildman–Crippen MR) is 105 cm³/mol. The Morgan fingerprint density at radius 1 is 1.15 bits per heavy atom. The number of hydrogen-bond acceptors (Lipinski definition) is 4. The maximum atomic E-state index is 12.4. The van der Waals surface area contributed by atoms with Crippen LogP contribution in [0, 0.1) is 6.92 Å². The fraction of sp³-hybridized carbons (Fsp3) is 0.190. The largest absolute Gasteiger partial charge is 0.494 e. The quantitative estimate of drug-likeness (QED) is 0.730. The number of benzene rings is 2. The second-order valence-electron chi connectivity index (χ2n) is 6.06. The van der Waals surface area contributed by atoms with Gasteiger partial charge in [0.15, 0.2) is 0 Å². The maximum Gasteiger partial charge on any atom is 0.254 e. The van der Waals surface area contributed by atoms with Gasteiger partial charge < -0.3 is 10.1 Å². The molecule has 0 atom stereocenters. The molecule has 1 N–H and O–H groups in total. The predicted octanol–water partition coefficient (Wildman–Crippen LogP) is 3.26. The zero-order valence-corrected chi connectivity index (χ0v) is 15.3. The third kappa shape index (κ3) is 4.61. The monoisotopic (exact) mass is 363 g/mol. The Morgan fingerprint density at radius 3 is 2.56 bits per heavy atom. The van der Waals surface area contributed by atoms with E-state index in [9.17, 15) is 9.59 Å². The Balaban J connectivity index is 1.72. The van der Waals surface area contributed by atoms with E-state index in [4.69, 9.17) is 4.74 Å². The molecule has 1 amide bonds. The van der Waals surface area contributed by atoms with E-state index in [0.29, 0.717) is 12.3 Å². The number of carbonyl (C=O) groups is 1. The average molecular weight is 363 g/mol. The van der Waals surface area contributed by atoms with Crippen LogP contribution in [0.1, 0.15) is 12.5 Å². The highest BCUT2D eigenvalue weighted by molar-refractivity contribution is 5.91. The lowest BCUT2D eigenvalue weighted by molar-refractivity contribution is -0.116. The number of nitrogens with one attached hydrogen (secondary N) is 1. The van der Waals surface area contributed by atoms with Crippen LogP contribution in [-0.4, -0.2) is 22.1 Å². The summed E-state index contributed by atoms with van der Waals surface area (Å²) in [6, 6.07) is 16.3. The van der Waals surface area contributed by atoms with Gasteiger partial charge in [0.05, 0.1) is 18.6 Å². The van der Waals surface area contributed by atoms with E-state index >= 15 is 0 Å². The van der Waals surface area contributed by atoms with Crippen molar-refractivity contribution >= 4 is 11.6 Å². The van der Waals surface area contributed by atoms with Crippen LogP contribution >= 0.6 is 0 Å². The van der Waals surface area contributed by atoms with Gasteiger partial charge in [-0.1, -0.05) is 18.2 Å². The maximum absolute atomic E-state index is 12.4. The lowest BCUT2D eigenvalue weighted by atomic mass is 10.1. The lowest BCUT2D eigenvalue weighted by Gasteiger charge is -2.10. The number of para-hydroxylation sites is 1. The molecule has 0 spiro atoms. The molecule has 0 saturated carbocycles. The summed E-state index contributed by atoms with van der Waals surface area (Å²) < 4.78 is 6.69. The molecule has 3 rings (SSSR count). The van der Waals surface area contributed by atoms with Crippen molar-refractivity contribution in [2.45, 2.75) is 20.4 Å². The van der Waals surface area contributed by atoms with Crippen molar-refractivity contribution in [2.24, 2.45) is 0 Å². The van der Waals surface area contributed by atoms with E-state index in [2.05, 4.69) is 10.3 Å². The highest BCUT2D eigenvalue weighted by Gasteiger charge is 2.09. The highest BCUT2D eigenvalue weighted by atomic mass is 16.5. The minimum atomic E-state index is -0.284. The van der Waals surface area contributed by atoms with Gasteiger partial charge in [-0.15, -0.1) is 0 Å². The summed E-state index contributed by atoms with van der Waals surface area (Å²) in [6.45, 7) is 4.33. The van der Waals surface area contributed by atoms with Crippen molar-refractivity contribution in [1.82, 2.24) is 9.55 Å². The Labute approximate surface area is 157 Å². The number of amides is 1. The van der Waals surface area contributed by atoms with Crippen molar-refractivity contribution in [3.63, 3.8) is 0 Å². The Bertz CT molecular complexity index is 994. The van der Waals surface area contributed by atoms with Gasteiger partial charge >= 0.3 is 0 Å². The van der Waals surface area contributed by atoms with Crippen LogP contribution in [0.2, 0.25) is 0 Å². The summed E-state index contributed by atoms with van der Waals surface area (Å²) in [5, 5.41) is 2.81. The van der Waals surface area contributed by atoms with Gasteiger partial charge in [0.25, 0.3) is 5.56 Å². The molecule has 0 unspecified atom stereocenters. The van der Waals surface area contributed by atoms with Gasteiger partial charge in [0.2, 0.25) is 5.91 Å². The number of hydrogen-bond donors (Lipinski definition) is 1. The van der Waals surface area contributed by atoms with Crippen molar-refractivity contribution in [3.05, 3.63) is 76.8 Å². The van der Waals surface area contributed by atoms with E-state index in [1.54, 1.807) is 0 Å². The molecule has 2 aromatic carbocycles. The normalized spacial score (nSPS) is 10.4. The topological polar surface area (TPSA) is 73.2 Å². The summed E-state index contributed by atoms with van der Waals surface area (Å²) >= 11 is 0. The van der Waals surface area contributed by atoms with Crippen LogP contribution in [0.15, 0.2) is 65.7 Å². The number of rotatable bonds is 6. The fourth-order valence-electron chi connectivity index (χ4n) is 2.65. The SMILES string of the molecule is CCOc1ccc(-c2cc(=O)n(CC(=O)Nc3ccccc3C)cn2)cc1. The number of ether oxygens (including phenoxy) is 1. The summed E-state index contributed by atoms with van der Waals surface area (Å²) in [7, 11) is 0. The third-order valence-corrected chi connectivity index (χ3v) is 4.07. The van der Waals surface area contributed by atoms with Gasteiger partial charge in [-0.3, -0.25) is 14.2 Å². The van der Waals surface area contributed by atoms with Gasteiger partial charge in [0, 0.05) is 17.3 Å². The first-order chi connectivity index (χ1) is 13.1. The molecule has 27 heavy (non-hydrogen) atoms. The minimum Gasteiger partial charge on any atom is -0.494 e. The van der Waals surface area contributed by atoms with Gasteiger partial charge in [-0.05, 0) is 49.7 Å². The van der Waals surface area contributed by atoms with Crippen LogP contribution in [0.4, 0.5) is 5.69 Å². The average Bonchev–Trinajstić information content (AvgIpc) is 2.66. The molecular weight excluding hydrogens is 342 g/mol. The molecule has 1 heterocycles. The number of carbonyl (C=O) groups excluding carboxylic acids is 1. The van der Waals surface area contributed by atoms with Crippen LogP contribution in [0.25, 0.3) is 11.3 Å². The van der Waals surface area contributed by atoms with E-state index in [-0.39, 0.29) is 18.0 Å². The van der Waals surface area contributed by atoms with Gasteiger partial charge in [-0.25, -0.2) is 4.98 Å². The summed E-state index contributed by atoms with van der Waals surface area (Å²) in [5.74, 6) is 0.490. The minimum absolute atomic E-state index is 0.0935. The molecule has 6 heteroatoms. The van der Waals surface area contributed by atoms with Crippen LogP contribution in [0.5, 0.6) is 5.75 Å². The van der Waals surface area contributed by atoms with Crippen molar-refractivity contribution < 1.29 is 9.53 Å². The molecule has 3 aromatic rings. The van der Waals surface area contributed by atoms with Crippen LogP contribution in [0.3, 0.4) is 0 Å². The molecule has 138 valence electrons. The number of nitrogens with zero attached hydrogens (tertiary/aromatic N) is 2. The zero-order chi connectivity index (χ0) is 19.2. The van der Waals surface area contributed by atoms with Gasteiger partial charge in [0.1, 0.15) is 12.3 Å². The molecule has 0 aliphatic carbocycles. The first kappa shape index (κ1) is 18.4. The second kappa shape index (κ2) is 8.31. The molecular formula is C21H21N3O3. The summed E-state index contributed by atoms with van der Waals surface area (Å²) in [4.78, 5) is 28.9. The van der Waals surface area contributed by atoms with Crippen molar-refractivity contribution in [2.75, 3.05) is 11.9 Å². The molecule has 1 aromatic heterocycles. The first-order valence-corrected chi connectivity index (χ1v) is 8.72. The molecule has 0 bridgehead atoms. The number of aryl methyl sites for hydroxylation is 1. The smallest absolute Gasteiger partial charge is 0.254 e. The Kier molecular flexibility index (Phi) is 5.66. The number of aromatic nitrogens is 2. The lowest BCUT2D eigenvalue weighted by Crippen LogP contribution is -2.27. The fourth-order valence-corrected chi connectivity index (χ4v) is 2.65. The standard InChI is InChI=1S/C21H21N3O3/c1-3-27-17-10-8-16(9-11-17)19-12-21(26)24(14-22-19)13-20(25)23-18-7-5-4-6-15(18)2/h4-12,14H,3,13H2,1-2H3,(H,23,25). The number of anilines is 1. The molecule has 0 radical (unpaired) electrons. The van der Waals surface area contributed by atoms with Crippen LogP contribution in [-0.2, 0) is 11.3 Å².